The van der Waals surface area contributed by atoms with Crippen LogP contribution < -0.4 is 5.32 Å². The third-order valence-corrected chi connectivity index (χ3v) is 5.19. The van der Waals surface area contributed by atoms with Crippen LogP contribution in [-0.4, -0.2) is 82.3 Å². The van der Waals surface area contributed by atoms with Gasteiger partial charge in [-0.05, 0) is 18.9 Å². The summed E-state index contributed by atoms with van der Waals surface area (Å²) in [5.74, 6) is 0.340. The number of aliphatic hydroxyl groups excluding tert-OH is 1. The second-order valence-electron chi connectivity index (χ2n) is 6.82. The van der Waals surface area contributed by atoms with E-state index in [0.29, 0.717) is 38.5 Å². The Morgan fingerprint density at radius 1 is 1.32 bits per heavy atom. The van der Waals surface area contributed by atoms with Gasteiger partial charge in [0.05, 0.1) is 5.69 Å². The number of carbonyl (C=O) groups excluding carboxylic acids is 2. The fourth-order valence-corrected chi connectivity index (χ4v) is 3.75. The minimum absolute atomic E-state index is 0.0392. The second-order valence-corrected chi connectivity index (χ2v) is 6.82. The maximum Gasteiger partial charge on any atom is 0.246 e. The first-order valence-electron chi connectivity index (χ1n) is 9.02. The molecule has 3 heterocycles. The van der Waals surface area contributed by atoms with Crippen molar-refractivity contribution in [3.05, 3.63) is 17.5 Å². The maximum atomic E-state index is 12.8. The van der Waals surface area contributed by atoms with Gasteiger partial charge in [-0.3, -0.25) is 14.7 Å². The summed E-state index contributed by atoms with van der Waals surface area (Å²) in [4.78, 5) is 28.2. The summed E-state index contributed by atoms with van der Waals surface area (Å²) in [5, 5.41) is 19.5. The molecule has 0 saturated carbocycles. The Morgan fingerprint density at radius 2 is 2.08 bits per heavy atom. The molecule has 2 amide bonds. The van der Waals surface area contributed by atoms with Gasteiger partial charge < -0.3 is 20.2 Å². The summed E-state index contributed by atoms with van der Waals surface area (Å²) >= 11 is 0. The van der Waals surface area contributed by atoms with Crippen molar-refractivity contribution >= 4 is 11.8 Å². The number of rotatable bonds is 4. The van der Waals surface area contributed by atoms with Crippen LogP contribution in [0.3, 0.4) is 0 Å². The highest BCUT2D eigenvalue weighted by Gasteiger charge is 2.35. The van der Waals surface area contributed by atoms with Gasteiger partial charge >= 0.3 is 0 Å². The molecule has 3 N–H and O–H groups in total. The first-order valence-corrected chi connectivity index (χ1v) is 9.02. The number of nitrogens with zero attached hydrogens (tertiary/aromatic N) is 3. The molecule has 2 aliphatic rings. The van der Waals surface area contributed by atoms with Gasteiger partial charge in [0.1, 0.15) is 6.04 Å². The van der Waals surface area contributed by atoms with Crippen molar-refractivity contribution in [3.8, 4) is 0 Å². The highest BCUT2D eigenvalue weighted by molar-refractivity contribution is 5.87. The third-order valence-electron chi connectivity index (χ3n) is 5.19. The van der Waals surface area contributed by atoms with Gasteiger partial charge in [-0.1, -0.05) is 0 Å². The fraction of sp³-hybridized carbons (Fsp3) is 0.706. The molecule has 2 aliphatic heterocycles. The van der Waals surface area contributed by atoms with Crippen LogP contribution in [0.15, 0.2) is 6.07 Å². The second kappa shape index (κ2) is 7.97. The van der Waals surface area contributed by atoms with Gasteiger partial charge in [0.25, 0.3) is 0 Å². The monoisotopic (exact) mass is 349 g/mol. The van der Waals surface area contributed by atoms with Crippen LogP contribution in [0.4, 0.5) is 0 Å². The van der Waals surface area contributed by atoms with Crippen molar-refractivity contribution in [2.24, 2.45) is 0 Å². The Morgan fingerprint density at radius 3 is 2.76 bits per heavy atom. The van der Waals surface area contributed by atoms with Crippen LogP contribution in [-0.2, 0) is 16.0 Å². The zero-order valence-electron chi connectivity index (χ0n) is 14.7. The predicted octanol–water partition coefficient (Wildman–Crippen LogP) is -0.529. The van der Waals surface area contributed by atoms with E-state index in [-0.39, 0.29) is 24.5 Å². The number of H-pyrrole nitrogens is 1. The number of aromatic amines is 1. The summed E-state index contributed by atoms with van der Waals surface area (Å²) in [6.45, 7) is 4.87. The van der Waals surface area contributed by atoms with Gasteiger partial charge in [-0.25, -0.2) is 0 Å². The fourth-order valence-electron chi connectivity index (χ4n) is 3.75. The molecule has 2 fully saturated rings. The van der Waals surface area contributed by atoms with E-state index in [1.165, 1.54) is 6.92 Å². The molecule has 1 atom stereocenters. The molecule has 0 spiro atoms. The number of nitrogens with one attached hydrogen (secondary N) is 2. The van der Waals surface area contributed by atoms with Crippen molar-refractivity contribution in [2.45, 2.75) is 38.1 Å². The molecule has 8 heteroatoms. The average molecular weight is 349 g/mol. The molecular formula is C17H27N5O3. The number of aromatic nitrogens is 2. The molecule has 25 heavy (non-hydrogen) atoms. The normalized spacial score (nSPS) is 22.2. The van der Waals surface area contributed by atoms with E-state index in [0.717, 1.165) is 30.8 Å². The van der Waals surface area contributed by atoms with Crippen molar-refractivity contribution in [1.29, 1.82) is 0 Å². The average Bonchev–Trinajstić information content (AvgIpc) is 3.10. The molecule has 0 unspecified atom stereocenters. The van der Waals surface area contributed by atoms with Crippen LogP contribution in [0.2, 0.25) is 0 Å². The largest absolute Gasteiger partial charge is 0.396 e. The molecule has 0 radical (unpaired) electrons. The van der Waals surface area contributed by atoms with Gasteiger partial charge in [-0.2, -0.15) is 5.10 Å². The van der Waals surface area contributed by atoms with Crippen molar-refractivity contribution < 1.29 is 14.7 Å². The van der Waals surface area contributed by atoms with Gasteiger partial charge in [0.2, 0.25) is 11.8 Å². The summed E-state index contributed by atoms with van der Waals surface area (Å²) in [6, 6.07) is 1.63. The lowest BCUT2D eigenvalue weighted by atomic mass is 9.93. The quantitative estimate of drug-likeness (QED) is 0.678. The molecule has 138 valence electrons. The lowest BCUT2D eigenvalue weighted by Gasteiger charge is -2.39. The number of piperazine rings is 1. The highest BCUT2D eigenvalue weighted by Crippen LogP contribution is 2.27. The van der Waals surface area contributed by atoms with Crippen molar-refractivity contribution in [2.75, 3.05) is 39.3 Å². The van der Waals surface area contributed by atoms with E-state index in [2.05, 4.69) is 15.5 Å². The highest BCUT2D eigenvalue weighted by atomic mass is 16.3. The Balaban J connectivity index is 1.57. The van der Waals surface area contributed by atoms with Crippen LogP contribution in [0.25, 0.3) is 0 Å². The minimum Gasteiger partial charge on any atom is -0.396 e. The Bertz CT molecular complexity index is 609. The number of hydrogen-bond acceptors (Lipinski definition) is 5. The first-order chi connectivity index (χ1) is 12.1. The van der Waals surface area contributed by atoms with Gasteiger partial charge in [0.15, 0.2) is 0 Å². The van der Waals surface area contributed by atoms with Crippen LogP contribution in [0.5, 0.6) is 0 Å². The van der Waals surface area contributed by atoms with Crippen molar-refractivity contribution in [3.63, 3.8) is 0 Å². The standard InChI is InChI=1S/C17H27N5O3/c1-12(24)22-8-5-18-11-16(22)17(25)21-6-2-13(3-7-21)15-10-14(4-9-23)19-20-15/h10,13,16,18,23H,2-9,11H2,1H3,(H,19,20)/t16-/m1/s1. The van der Waals surface area contributed by atoms with Crippen LogP contribution >= 0.6 is 0 Å². The number of carbonyl (C=O) groups is 2. The summed E-state index contributed by atoms with van der Waals surface area (Å²) in [5.41, 5.74) is 1.96. The summed E-state index contributed by atoms with van der Waals surface area (Å²) in [6.07, 6.45) is 2.32. The molecule has 0 bridgehead atoms. The van der Waals surface area contributed by atoms with E-state index in [1.807, 2.05) is 11.0 Å². The van der Waals surface area contributed by atoms with E-state index in [4.69, 9.17) is 5.11 Å². The summed E-state index contributed by atoms with van der Waals surface area (Å²) < 4.78 is 0. The Hall–Kier alpha value is -1.93. The van der Waals surface area contributed by atoms with E-state index < -0.39 is 0 Å². The number of aliphatic hydroxyl groups is 1. The van der Waals surface area contributed by atoms with Crippen LogP contribution in [0.1, 0.15) is 37.1 Å². The number of piperidine rings is 1. The van der Waals surface area contributed by atoms with Gasteiger partial charge in [-0.15, -0.1) is 0 Å². The van der Waals surface area contributed by atoms with Gasteiger partial charge in [0, 0.05) is 64.3 Å². The SMILES string of the molecule is CC(=O)N1CCNC[C@@H]1C(=O)N1CCC(c2cc(CCO)[nH]n2)CC1. The Kier molecular flexibility index (Phi) is 5.70. The van der Waals surface area contributed by atoms with E-state index in [9.17, 15) is 9.59 Å². The predicted molar refractivity (Wildman–Crippen MR) is 92.0 cm³/mol. The van der Waals surface area contributed by atoms with Crippen molar-refractivity contribution in [1.82, 2.24) is 25.3 Å². The number of amides is 2. The zero-order chi connectivity index (χ0) is 17.8. The third kappa shape index (κ3) is 4.01. The number of hydrogen-bond donors (Lipinski definition) is 3. The minimum atomic E-state index is -0.385. The molecule has 2 saturated heterocycles. The van der Waals surface area contributed by atoms with Crippen LogP contribution in [0, 0.1) is 0 Å². The molecule has 1 aromatic heterocycles. The Labute approximate surface area is 147 Å². The zero-order valence-corrected chi connectivity index (χ0v) is 14.7. The van der Waals surface area contributed by atoms with E-state index >= 15 is 0 Å². The lowest BCUT2D eigenvalue weighted by molar-refractivity contribution is -0.146. The van der Waals surface area contributed by atoms with E-state index in [1.54, 1.807) is 4.90 Å². The first kappa shape index (κ1) is 17.9. The molecule has 1 aromatic rings. The number of likely N-dealkylation sites (tertiary alicyclic amines) is 1. The molecule has 8 nitrogen and oxygen atoms in total. The molecular weight excluding hydrogens is 322 g/mol. The lowest BCUT2D eigenvalue weighted by Crippen LogP contribution is -2.60. The molecule has 3 rings (SSSR count). The maximum absolute atomic E-state index is 12.8. The topological polar surface area (TPSA) is 102 Å². The molecule has 0 aromatic carbocycles. The summed E-state index contributed by atoms with van der Waals surface area (Å²) in [7, 11) is 0. The molecule has 0 aliphatic carbocycles. The smallest absolute Gasteiger partial charge is 0.246 e.